The molecule has 3 rings (SSSR count). The van der Waals surface area contributed by atoms with Crippen LogP contribution in [-0.4, -0.2) is 29.2 Å². The fraction of sp³-hybridized carbons (Fsp3) is 0.471. The first-order valence-corrected chi connectivity index (χ1v) is 9.50. The van der Waals surface area contributed by atoms with Crippen molar-refractivity contribution in [1.29, 1.82) is 0 Å². The zero-order valence-electron chi connectivity index (χ0n) is 13.7. The number of hydrogen-bond acceptors (Lipinski definition) is 5. The van der Waals surface area contributed by atoms with Crippen LogP contribution >= 0.6 is 22.9 Å². The molecular weight excluding hydrogens is 344 g/mol. The Labute approximate surface area is 151 Å². The second-order valence-corrected chi connectivity index (χ2v) is 7.39. The van der Waals surface area contributed by atoms with Gasteiger partial charge in [-0.05, 0) is 43.9 Å². The van der Waals surface area contributed by atoms with Crippen LogP contribution in [0, 0.1) is 0 Å². The third kappa shape index (κ3) is 4.05. The average Bonchev–Trinajstić information content (AvgIpc) is 3.09. The first kappa shape index (κ1) is 17.2. The molecule has 0 radical (unpaired) electrons. The molecule has 128 valence electrons. The zero-order chi connectivity index (χ0) is 16.9. The number of aryl methyl sites for hydroxylation is 1. The van der Waals surface area contributed by atoms with E-state index in [2.05, 4.69) is 20.4 Å². The highest BCUT2D eigenvalue weighted by Gasteiger charge is 2.16. The fourth-order valence-corrected chi connectivity index (χ4v) is 3.72. The molecular formula is C17H21ClN4OS. The predicted octanol–water partition coefficient (Wildman–Crippen LogP) is 3.67. The minimum Gasteiger partial charge on any atom is -0.372 e. The summed E-state index contributed by atoms with van der Waals surface area (Å²) in [5.74, 6) is -0.174. The lowest BCUT2D eigenvalue weighted by Gasteiger charge is -2.29. The summed E-state index contributed by atoms with van der Waals surface area (Å²) < 4.78 is 0. The van der Waals surface area contributed by atoms with Gasteiger partial charge in [-0.25, -0.2) is 0 Å². The van der Waals surface area contributed by atoms with Crippen LogP contribution in [0.2, 0.25) is 5.02 Å². The molecule has 5 nitrogen and oxygen atoms in total. The van der Waals surface area contributed by atoms with Crippen molar-refractivity contribution in [3.63, 3.8) is 0 Å². The first-order valence-electron chi connectivity index (χ1n) is 8.31. The van der Waals surface area contributed by atoms with E-state index < -0.39 is 0 Å². The van der Waals surface area contributed by atoms with Crippen molar-refractivity contribution in [2.75, 3.05) is 18.0 Å². The number of piperidine rings is 1. The second kappa shape index (κ2) is 7.94. The van der Waals surface area contributed by atoms with E-state index in [9.17, 15) is 4.79 Å². The number of hydrogen-bond donors (Lipinski definition) is 1. The number of rotatable bonds is 5. The Hall–Kier alpha value is -1.66. The van der Waals surface area contributed by atoms with Gasteiger partial charge in [-0.1, -0.05) is 29.9 Å². The van der Waals surface area contributed by atoms with Gasteiger partial charge in [0.1, 0.15) is 10.0 Å². The molecule has 1 N–H and O–H groups in total. The standard InChI is InChI=1S/C17H21ClN4OS/c1-2-15-20-21-16(24-15)11-19-17(23)13-10-12(6-7-14(13)18)22-8-4-3-5-9-22/h6-7,10H,2-5,8-9,11H2,1H3,(H,19,23). The molecule has 1 fully saturated rings. The van der Waals surface area contributed by atoms with Crippen LogP contribution in [0.1, 0.15) is 46.6 Å². The Morgan fingerprint density at radius 3 is 2.71 bits per heavy atom. The number of anilines is 1. The van der Waals surface area contributed by atoms with Crippen molar-refractivity contribution in [3.8, 4) is 0 Å². The molecule has 1 aromatic heterocycles. The monoisotopic (exact) mass is 364 g/mol. The van der Waals surface area contributed by atoms with Crippen molar-refractivity contribution in [3.05, 3.63) is 38.8 Å². The summed E-state index contributed by atoms with van der Waals surface area (Å²) >= 11 is 7.76. The van der Waals surface area contributed by atoms with Crippen molar-refractivity contribution < 1.29 is 4.79 Å². The van der Waals surface area contributed by atoms with E-state index in [1.807, 2.05) is 19.1 Å². The average molecular weight is 365 g/mol. The van der Waals surface area contributed by atoms with Crippen LogP contribution in [0.15, 0.2) is 18.2 Å². The summed E-state index contributed by atoms with van der Waals surface area (Å²) in [4.78, 5) is 14.8. The maximum Gasteiger partial charge on any atom is 0.253 e. The maximum absolute atomic E-state index is 12.5. The molecule has 0 atom stereocenters. The molecule has 0 saturated carbocycles. The van der Waals surface area contributed by atoms with Crippen LogP contribution in [-0.2, 0) is 13.0 Å². The van der Waals surface area contributed by atoms with Gasteiger partial charge in [-0.2, -0.15) is 0 Å². The SMILES string of the molecule is CCc1nnc(CNC(=O)c2cc(N3CCCCC3)ccc2Cl)s1. The van der Waals surface area contributed by atoms with Crippen molar-refractivity contribution in [2.24, 2.45) is 0 Å². The van der Waals surface area contributed by atoms with Crippen LogP contribution in [0.4, 0.5) is 5.69 Å². The van der Waals surface area contributed by atoms with Gasteiger partial charge in [-0.15, -0.1) is 10.2 Å². The third-order valence-electron chi connectivity index (χ3n) is 4.13. The molecule has 0 spiro atoms. The molecule has 1 saturated heterocycles. The molecule has 0 bridgehead atoms. The second-order valence-electron chi connectivity index (χ2n) is 5.84. The van der Waals surface area contributed by atoms with Crippen LogP contribution in [0.3, 0.4) is 0 Å². The lowest BCUT2D eigenvalue weighted by atomic mass is 10.1. The zero-order valence-corrected chi connectivity index (χ0v) is 15.3. The number of nitrogens with one attached hydrogen (secondary N) is 1. The highest BCUT2D eigenvalue weighted by molar-refractivity contribution is 7.11. The molecule has 1 aromatic carbocycles. The molecule has 1 aliphatic heterocycles. The van der Waals surface area contributed by atoms with E-state index >= 15 is 0 Å². The summed E-state index contributed by atoms with van der Waals surface area (Å²) in [5, 5.41) is 13.3. The predicted molar refractivity (Wildman–Crippen MR) is 98.0 cm³/mol. The molecule has 2 heterocycles. The lowest BCUT2D eigenvalue weighted by Crippen LogP contribution is -2.30. The van der Waals surface area contributed by atoms with Gasteiger partial charge in [0.2, 0.25) is 0 Å². The van der Waals surface area contributed by atoms with E-state index in [1.165, 1.54) is 30.6 Å². The number of benzene rings is 1. The first-order chi connectivity index (χ1) is 11.7. The number of aromatic nitrogens is 2. The van der Waals surface area contributed by atoms with Crippen LogP contribution < -0.4 is 10.2 Å². The molecule has 7 heteroatoms. The number of nitrogens with zero attached hydrogens (tertiary/aromatic N) is 3. The van der Waals surface area contributed by atoms with Gasteiger partial charge in [-0.3, -0.25) is 4.79 Å². The summed E-state index contributed by atoms with van der Waals surface area (Å²) in [6.45, 7) is 4.48. The number of carbonyl (C=O) groups is 1. The number of amides is 1. The largest absolute Gasteiger partial charge is 0.372 e. The molecule has 2 aromatic rings. The van der Waals surface area contributed by atoms with Crippen LogP contribution in [0.5, 0.6) is 0 Å². The Morgan fingerprint density at radius 1 is 1.25 bits per heavy atom. The minimum absolute atomic E-state index is 0.174. The van der Waals surface area contributed by atoms with Crippen LogP contribution in [0.25, 0.3) is 0 Å². The highest BCUT2D eigenvalue weighted by Crippen LogP contribution is 2.25. The molecule has 0 unspecified atom stereocenters. The minimum atomic E-state index is -0.174. The van der Waals surface area contributed by atoms with E-state index in [4.69, 9.17) is 11.6 Å². The normalized spacial score (nSPS) is 14.7. The van der Waals surface area contributed by atoms with E-state index in [0.29, 0.717) is 17.1 Å². The van der Waals surface area contributed by atoms with Gasteiger partial charge >= 0.3 is 0 Å². The quantitative estimate of drug-likeness (QED) is 0.879. The number of carbonyl (C=O) groups excluding carboxylic acids is 1. The van der Waals surface area contributed by atoms with Crippen molar-refractivity contribution in [1.82, 2.24) is 15.5 Å². The highest BCUT2D eigenvalue weighted by atomic mass is 35.5. The lowest BCUT2D eigenvalue weighted by molar-refractivity contribution is 0.0951. The number of halogens is 1. The summed E-state index contributed by atoms with van der Waals surface area (Å²) in [6.07, 6.45) is 4.52. The smallest absolute Gasteiger partial charge is 0.253 e. The van der Waals surface area contributed by atoms with Gasteiger partial charge in [0.25, 0.3) is 5.91 Å². The van der Waals surface area contributed by atoms with Gasteiger partial charge < -0.3 is 10.2 Å². The van der Waals surface area contributed by atoms with Gasteiger partial charge in [0.05, 0.1) is 17.1 Å². The Kier molecular flexibility index (Phi) is 5.68. The van der Waals surface area contributed by atoms with Crippen molar-refractivity contribution in [2.45, 2.75) is 39.2 Å². The molecule has 24 heavy (non-hydrogen) atoms. The Morgan fingerprint density at radius 2 is 2.00 bits per heavy atom. The Bertz CT molecular complexity index is 712. The molecule has 0 aliphatic carbocycles. The molecule has 1 amide bonds. The fourth-order valence-electron chi connectivity index (χ4n) is 2.79. The maximum atomic E-state index is 12.5. The Balaban J connectivity index is 1.68. The van der Waals surface area contributed by atoms with E-state index in [0.717, 1.165) is 35.2 Å². The third-order valence-corrected chi connectivity index (χ3v) is 5.52. The van der Waals surface area contributed by atoms with Gasteiger partial charge in [0, 0.05) is 18.8 Å². The summed E-state index contributed by atoms with van der Waals surface area (Å²) in [5.41, 5.74) is 1.58. The van der Waals surface area contributed by atoms with Gasteiger partial charge in [0.15, 0.2) is 0 Å². The molecule has 1 aliphatic rings. The topological polar surface area (TPSA) is 58.1 Å². The van der Waals surface area contributed by atoms with Crippen molar-refractivity contribution >= 4 is 34.5 Å². The van der Waals surface area contributed by atoms with E-state index in [1.54, 1.807) is 6.07 Å². The summed E-state index contributed by atoms with van der Waals surface area (Å²) in [6, 6.07) is 5.68. The summed E-state index contributed by atoms with van der Waals surface area (Å²) in [7, 11) is 0. The van der Waals surface area contributed by atoms with E-state index in [-0.39, 0.29) is 5.91 Å².